The Morgan fingerprint density at radius 2 is 1.59 bits per heavy atom. The number of hydrogen-bond donors (Lipinski definition) is 2. The molecule has 3 atom stereocenters. The molecule has 0 bridgehead atoms. The van der Waals surface area contributed by atoms with Gasteiger partial charge in [0.15, 0.2) is 0 Å². The van der Waals surface area contributed by atoms with E-state index in [1.165, 1.54) is 0 Å². The monoisotopic (exact) mass is 386 g/mol. The zero-order valence-electron chi connectivity index (χ0n) is 16.3. The molecule has 146 valence electrons. The fraction of sp³-hybridized carbons (Fsp3) is 0.455. The number of benzene rings is 2. The molecule has 2 N–H and O–H groups in total. The molecule has 0 spiro atoms. The third kappa shape index (κ3) is 4.66. The van der Waals surface area contributed by atoms with Gasteiger partial charge in [0, 0.05) is 25.2 Å². The number of nitrogens with one attached hydrogen (secondary N) is 2. The second-order valence-corrected chi connectivity index (χ2v) is 11.0. The number of rotatable bonds is 8. The van der Waals surface area contributed by atoms with E-state index in [1.54, 1.807) is 0 Å². The highest BCUT2D eigenvalue weighted by molar-refractivity contribution is 6.98. The molecule has 0 aromatic heterocycles. The summed E-state index contributed by atoms with van der Waals surface area (Å²) in [7, 11) is -3.01. The molecular formula is C22H31FN2OSi. The molecule has 3 unspecified atom stereocenters. The highest BCUT2D eigenvalue weighted by atomic mass is 28.4. The van der Waals surface area contributed by atoms with Gasteiger partial charge in [-0.05, 0) is 23.7 Å². The summed E-state index contributed by atoms with van der Waals surface area (Å²) in [6.07, 6.45) is 1.32. The average Bonchev–Trinajstić information content (AvgIpc) is 2.72. The van der Waals surface area contributed by atoms with Crippen LogP contribution in [0.5, 0.6) is 0 Å². The summed E-state index contributed by atoms with van der Waals surface area (Å²) in [6.45, 7) is 6.47. The molecule has 1 aliphatic rings. The molecule has 0 radical (unpaired) electrons. The maximum atomic E-state index is 15.8. The lowest BCUT2D eigenvalue weighted by Gasteiger charge is -2.38. The van der Waals surface area contributed by atoms with Crippen molar-refractivity contribution in [1.29, 1.82) is 0 Å². The van der Waals surface area contributed by atoms with Crippen LogP contribution in [0.3, 0.4) is 0 Å². The van der Waals surface area contributed by atoms with Gasteiger partial charge in [0.05, 0.1) is 6.61 Å². The molecule has 5 heteroatoms. The summed E-state index contributed by atoms with van der Waals surface area (Å²) in [4.78, 5) is 0. The molecule has 2 aromatic carbocycles. The standard InChI is InChI=1S/C22H31FN2OSi/c1-3-10-22(23)27(20-11-6-4-7-12-20,21-13-8-5-9-14-21)26-17-19-16-24-18(2)15-25-19/h4-9,11-14,18-19,22,24-25H,3,10,15-17H2,1-2H3. The smallest absolute Gasteiger partial charge is 0.290 e. The van der Waals surface area contributed by atoms with E-state index in [2.05, 4.69) is 17.6 Å². The Labute approximate surface area is 163 Å². The van der Waals surface area contributed by atoms with Crippen molar-refractivity contribution in [3.05, 3.63) is 60.7 Å². The van der Waals surface area contributed by atoms with Crippen LogP contribution in [0.4, 0.5) is 4.39 Å². The van der Waals surface area contributed by atoms with Gasteiger partial charge in [-0.25, -0.2) is 4.39 Å². The molecule has 0 amide bonds. The van der Waals surface area contributed by atoms with Crippen LogP contribution in [0.2, 0.25) is 0 Å². The number of hydrogen-bond acceptors (Lipinski definition) is 3. The molecule has 3 nitrogen and oxygen atoms in total. The predicted molar refractivity (Wildman–Crippen MR) is 113 cm³/mol. The van der Waals surface area contributed by atoms with E-state index in [9.17, 15) is 0 Å². The van der Waals surface area contributed by atoms with E-state index in [4.69, 9.17) is 4.43 Å². The van der Waals surface area contributed by atoms with Crippen LogP contribution in [-0.4, -0.2) is 45.9 Å². The van der Waals surface area contributed by atoms with Crippen molar-refractivity contribution in [2.45, 2.75) is 44.6 Å². The quantitative estimate of drug-likeness (QED) is 0.684. The van der Waals surface area contributed by atoms with E-state index < -0.39 is 14.1 Å². The maximum absolute atomic E-state index is 15.8. The first-order chi connectivity index (χ1) is 13.2. The van der Waals surface area contributed by atoms with Gasteiger partial charge in [-0.2, -0.15) is 0 Å². The van der Waals surface area contributed by atoms with E-state index in [-0.39, 0.29) is 6.04 Å². The molecule has 1 saturated heterocycles. The molecule has 1 heterocycles. The van der Waals surface area contributed by atoms with Crippen molar-refractivity contribution in [2.75, 3.05) is 19.7 Å². The Hall–Kier alpha value is -1.53. The summed E-state index contributed by atoms with van der Waals surface area (Å²) < 4.78 is 22.5. The molecule has 2 aromatic rings. The second kappa shape index (κ2) is 9.60. The Kier molecular flexibility index (Phi) is 7.18. The second-order valence-electron chi connectivity index (χ2n) is 7.45. The van der Waals surface area contributed by atoms with Gasteiger partial charge in [-0.15, -0.1) is 0 Å². The van der Waals surface area contributed by atoms with E-state index >= 15 is 4.39 Å². The predicted octanol–water partition coefficient (Wildman–Crippen LogP) is 2.39. The van der Waals surface area contributed by atoms with Crippen molar-refractivity contribution in [2.24, 2.45) is 0 Å². The lowest BCUT2D eigenvalue weighted by atomic mass is 10.2. The van der Waals surface area contributed by atoms with Gasteiger partial charge < -0.3 is 15.1 Å². The Bertz CT molecular complexity index is 638. The Morgan fingerprint density at radius 3 is 2.07 bits per heavy atom. The van der Waals surface area contributed by atoms with Gasteiger partial charge >= 0.3 is 0 Å². The summed E-state index contributed by atoms with van der Waals surface area (Å²) in [5.41, 5.74) is 0. The summed E-state index contributed by atoms with van der Waals surface area (Å²) in [5.74, 6) is -0.984. The first-order valence-electron chi connectivity index (χ1n) is 10.0. The SMILES string of the molecule is CCCC(F)[Si](OCC1CNC(C)CN1)(c1ccccc1)c1ccccc1. The van der Waals surface area contributed by atoms with Crippen LogP contribution < -0.4 is 21.0 Å². The van der Waals surface area contributed by atoms with Gasteiger partial charge in [0.25, 0.3) is 8.32 Å². The van der Waals surface area contributed by atoms with Crippen molar-refractivity contribution < 1.29 is 8.82 Å². The fourth-order valence-electron chi connectivity index (χ4n) is 3.79. The highest BCUT2D eigenvalue weighted by Gasteiger charge is 2.48. The van der Waals surface area contributed by atoms with Crippen LogP contribution >= 0.6 is 0 Å². The molecule has 27 heavy (non-hydrogen) atoms. The first-order valence-corrected chi connectivity index (χ1v) is 12.0. The topological polar surface area (TPSA) is 33.3 Å². The molecule has 0 aliphatic carbocycles. The molecule has 1 aliphatic heterocycles. The Morgan fingerprint density at radius 1 is 1.00 bits per heavy atom. The van der Waals surface area contributed by atoms with Crippen molar-refractivity contribution in [3.63, 3.8) is 0 Å². The van der Waals surface area contributed by atoms with Crippen LogP contribution in [-0.2, 0) is 4.43 Å². The van der Waals surface area contributed by atoms with Gasteiger partial charge in [0.1, 0.15) is 5.79 Å². The Balaban J connectivity index is 1.95. The lowest BCUT2D eigenvalue weighted by molar-refractivity contribution is 0.213. The first kappa shape index (κ1) is 20.2. The molecule has 3 rings (SSSR count). The number of halogens is 1. The third-order valence-electron chi connectivity index (χ3n) is 5.33. The third-order valence-corrected chi connectivity index (χ3v) is 9.50. The van der Waals surface area contributed by atoms with E-state index in [0.717, 1.165) is 29.9 Å². The zero-order valence-corrected chi connectivity index (χ0v) is 17.3. The minimum atomic E-state index is -3.01. The van der Waals surface area contributed by atoms with E-state index in [1.807, 2.05) is 67.6 Å². The van der Waals surface area contributed by atoms with Crippen LogP contribution in [0.25, 0.3) is 0 Å². The molecule has 1 fully saturated rings. The van der Waals surface area contributed by atoms with Crippen LogP contribution in [0.1, 0.15) is 26.7 Å². The van der Waals surface area contributed by atoms with Crippen LogP contribution in [0, 0.1) is 0 Å². The van der Waals surface area contributed by atoms with Crippen molar-refractivity contribution in [1.82, 2.24) is 10.6 Å². The zero-order chi connectivity index (χ0) is 19.1. The molecular weight excluding hydrogens is 355 g/mol. The van der Waals surface area contributed by atoms with E-state index in [0.29, 0.717) is 19.1 Å². The number of alkyl halides is 1. The highest BCUT2D eigenvalue weighted by Crippen LogP contribution is 2.20. The van der Waals surface area contributed by atoms with Crippen molar-refractivity contribution in [3.8, 4) is 0 Å². The fourth-order valence-corrected chi connectivity index (χ4v) is 7.90. The van der Waals surface area contributed by atoms with Crippen LogP contribution in [0.15, 0.2) is 60.7 Å². The summed E-state index contributed by atoms with van der Waals surface area (Å²) in [5, 5.41) is 9.03. The van der Waals surface area contributed by atoms with Crippen molar-refractivity contribution >= 4 is 18.7 Å². The molecule has 0 saturated carbocycles. The van der Waals surface area contributed by atoms with Gasteiger partial charge in [-0.1, -0.05) is 74.0 Å². The normalized spacial score (nSPS) is 21.7. The minimum absolute atomic E-state index is 0.203. The summed E-state index contributed by atoms with van der Waals surface area (Å²) >= 11 is 0. The lowest BCUT2D eigenvalue weighted by Crippen LogP contribution is -2.69. The van der Waals surface area contributed by atoms with Gasteiger partial charge in [-0.3, -0.25) is 0 Å². The largest absolute Gasteiger partial charge is 0.404 e. The number of piperazine rings is 1. The average molecular weight is 387 g/mol. The minimum Gasteiger partial charge on any atom is -0.404 e. The maximum Gasteiger partial charge on any atom is 0.290 e. The summed E-state index contributed by atoms with van der Waals surface area (Å²) in [6, 6.07) is 20.7. The van der Waals surface area contributed by atoms with Gasteiger partial charge in [0.2, 0.25) is 0 Å².